The maximum atomic E-state index is 12.8. The molecule has 1 fully saturated rings. The minimum Gasteiger partial charge on any atom is -0.497 e. The lowest BCUT2D eigenvalue weighted by atomic mass is 10.0. The zero-order valence-electron chi connectivity index (χ0n) is 16.5. The number of nitrogens with zero attached hydrogens (tertiary/aromatic N) is 3. The fourth-order valence-electron chi connectivity index (χ4n) is 3.56. The Morgan fingerprint density at radius 3 is 2.19 bits per heavy atom. The molecule has 3 rings (SSSR count). The Labute approximate surface area is 162 Å². The summed E-state index contributed by atoms with van der Waals surface area (Å²) < 4.78 is 5.23. The number of hydrogen-bond acceptors (Lipinski definition) is 4. The third-order valence-corrected chi connectivity index (χ3v) is 5.13. The Balaban J connectivity index is 1.64. The van der Waals surface area contributed by atoms with Crippen molar-refractivity contribution in [2.45, 2.75) is 12.6 Å². The van der Waals surface area contributed by atoms with Crippen LogP contribution in [0.1, 0.15) is 17.2 Å². The first-order valence-electron chi connectivity index (χ1n) is 9.44. The van der Waals surface area contributed by atoms with Gasteiger partial charge in [-0.2, -0.15) is 0 Å². The van der Waals surface area contributed by atoms with Crippen LogP contribution in [0.2, 0.25) is 0 Å². The number of likely N-dealkylation sites (N-methyl/N-ethyl adjacent to an activating group) is 1. The molecule has 144 valence electrons. The summed E-state index contributed by atoms with van der Waals surface area (Å²) in [5, 5.41) is 0. The fraction of sp³-hybridized carbons (Fsp3) is 0.409. The summed E-state index contributed by atoms with van der Waals surface area (Å²) >= 11 is 0. The molecule has 0 aromatic heterocycles. The zero-order valence-corrected chi connectivity index (χ0v) is 16.5. The summed E-state index contributed by atoms with van der Waals surface area (Å²) in [7, 11) is 5.35. The van der Waals surface area contributed by atoms with Gasteiger partial charge in [0.2, 0.25) is 5.91 Å². The molecule has 5 heteroatoms. The van der Waals surface area contributed by atoms with Crippen molar-refractivity contribution in [2.24, 2.45) is 0 Å². The lowest BCUT2D eigenvalue weighted by Crippen LogP contribution is -2.50. The lowest BCUT2D eigenvalue weighted by Gasteiger charge is -2.39. The smallest absolute Gasteiger partial charge is 0.244 e. The highest BCUT2D eigenvalue weighted by molar-refractivity contribution is 5.82. The molecular weight excluding hydrogens is 338 g/mol. The quantitative estimate of drug-likeness (QED) is 0.786. The van der Waals surface area contributed by atoms with Crippen molar-refractivity contribution in [3.8, 4) is 5.75 Å². The van der Waals surface area contributed by atoms with Crippen LogP contribution < -0.4 is 4.74 Å². The molecule has 1 heterocycles. The van der Waals surface area contributed by atoms with Crippen LogP contribution in [0.15, 0.2) is 54.6 Å². The fourth-order valence-corrected chi connectivity index (χ4v) is 3.56. The molecule has 0 saturated carbocycles. The normalized spacial score (nSPS) is 16.7. The molecule has 0 bridgehead atoms. The van der Waals surface area contributed by atoms with E-state index in [0.29, 0.717) is 0 Å². The Kier molecular flexibility index (Phi) is 6.48. The number of ether oxygens (including phenoxy) is 1. The van der Waals surface area contributed by atoms with Crippen molar-refractivity contribution in [1.29, 1.82) is 0 Å². The van der Waals surface area contributed by atoms with Crippen LogP contribution in [0.5, 0.6) is 5.75 Å². The van der Waals surface area contributed by atoms with Gasteiger partial charge in [-0.3, -0.25) is 14.6 Å². The molecule has 0 radical (unpaired) electrons. The van der Waals surface area contributed by atoms with Gasteiger partial charge >= 0.3 is 0 Å². The zero-order chi connectivity index (χ0) is 19.2. The highest BCUT2D eigenvalue weighted by atomic mass is 16.5. The predicted octanol–water partition coefficient (Wildman–Crippen LogP) is 2.64. The second-order valence-corrected chi connectivity index (χ2v) is 7.21. The highest BCUT2D eigenvalue weighted by Crippen LogP contribution is 2.24. The maximum absolute atomic E-state index is 12.8. The Bertz CT molecular complexity index is 723. The molecule has 2 aromatic rings. The van der Waals surface area contributed by atoms with Crippen molar-refractivity contribution in [1.82, 2.24) is 14.7 Å². The van der Waals surface area contributed by atoms with Gasteiger partial charge in [-0.15, -0.1) is 0 Å². The van der Waals surface area contributed by atoms with E-state index in [4.69, 9.17) is 4.74 Å². The summed E-state index contributed by atoms with van der Waals surface area (Å²) in [6, 6.07) is 18.2. The minimum absolute atomic E-state index is 0.143. The molecule has 0 unspecified atom stereocenters. The summed E-state index contributed by atoms with van der Waals surface area (Å²) in [6.07, 6.45) is 0. The van der Waals surface area contributed by atoms with E-state index in [1.165, 1.54) is 5.56 Å². The van der Waals surface area contributed by atoms with Crippen LogP contribution in [0.3, 0.4) is 0 Å². The summed E-state index contributed by atoms with van der Waals surface area (Å²) in [5.74, 6) is 1.03. The van der Waals surface area contributed by atoms with Gasteiger partial charge in [-0.05, 0) is 23.3 Å². The van der Waals surface area contributed by atoms with Gasteiger partial charge in [0.15, 0.2) is 0 Å². The monoisotopic (exact) mass is 367 g/mol. The molecule has 0 aliphatic carbocycles. The number of piperazine rings is 1. The maximum Gasteiger partial charge on any atom is 0.244 e. The number of rotatable bonds is 6. The van der Waals surface area contributed by atoms with Crippen molar-refractivity contribution in [3.05, 3.63) is 65.7 Å². The topological polar surface area (TPSA) is 36.0 Å². The van der Waals surface area contributed by atoms with E-state index in [1.807, 2.05) is 44.4 Å². The van der Waals surface area contributed by atoms with Gasteiger partial charge in [0.05, 0.1) is 7.11 Å². The van der Waals surface area contributed by atoms with E-state index in [-0.39, 0.29) is 11.9 Å². The van der Waals surface area contributed by atoms with Crippen LogP contribution in [-0.4, -0.2) is 68.0 Å². The average molecular weight is 367 g/mol. The molecule has 1 atom stereocenters. The number of amides is 1. The molecule has 1 aliphatic heterocycles. The minimum atomic E-state index is -0.204. The second-order valence-electron chi connectivity index (χ2n) is 7.21. The molecule has 27 heavy (non-hydrogen) atoms. The van der Waals surface area contributed by atoms with Gasteiger partial charge in [0.1, 0.15) is 11.8 Å². The third-order valence-electron chi connectivity index (χ3n) is 5.13. The number of carbonyl (C=O) groups excluding carboxylic acids is 1. The SMILES string of the molecule is COc1ccc(CN2CCN([C@H](C(=O)N(C)C)c3ccccc3)CC2)cc1. The molecule has 5 nitrogen and oxygen atoms in total. The lowest BCUT2D eigenvalue weighted by molar-refractivity contribution is -0.135. The van der Waals surface area contributed by atoms with Crippen LogP contribution in [0, 0.1) is 0 Å². The van der Waals surface area contributed by atoms with E-state index < -0.39 is 0 Å². The number of methoxy groups -OCH3 is 1. The molecule has 1 amide bonds. The van der Waals surface area contributed by atoms with Crippen LogP contribution >= 0.6 is 0 Å². The number of hydrogen-bond donors (Lipinski definition) is 0. The Hall–Kier alpha value is -2.37. The van der Waals surface area contributed by atoms with Crippen LogP contribution in [-0.2, 0) is 11.3 Å². The number of benzene rings is 2. The Morgan fingerprint density at radius 1 is 1.00 bits per heavy atom. The van der Waals surface area contributed by atoms with Crippen molar-refractivity contribution in [2.75, 3.05) is 47.4 Å². The van der Waals surface area contributed by atoms with Gasteiger partial charge in [0, 0.05) is 46.8 Å². The van der Waals surface area contributed by atoms with Gasteiger partial charge in [0.25, 0.3) is 0 Å². The van der Waals surface area contributed by atoms with Crippen molar-refractivity contribution < 1.29 is 9.53 Å². The molecule has 1 aliphatic rings. The first kappa shape index (κ1) is 19.4. The van der Waals surface area contributed by atoms with Crippen molar-refractivity contribution in [3.63, 3.8) is 0 Å². The average Bonchev–Trinajstić information content (AvgIpc) is 2.71. The highest BCUT2D eigenvalue weighted by Gasteiger charge is 2.31. The summed E-state index contributed by atoms with van der Waals surface area (Å²) in [6.45, 7) is 4.60. The molecule has 0 N–H and O–H groups in total. The second kappa shape index (κ2) is 9.02. The first-order valence-corrected chi connectivity index (χ1v) is 9.44. The summed E-state index contributed by atoms with van der Waals surface area (Å²) in [5.41, 5.74) is 2.35. The van der Waals surface area contributed by atoms with E-state index in [2.05, 4.69) is 34.1 Å². The van der Waals surface area contributed by atoms with E-state index in [0.717, 1.165) is 44.0 Å². The van der Waals surface area contributed by atoms with E-state index >= 15 is 0 Å². The molecule has 1 saturated heterocycles. The van der Waals surface area contributed by atoms with Gasteiger partial charge < -0.3 is 9.64 Å². The largest absolute Gasteiger partial charge is 0.497 e. The van der Waals surface area contributed by atoms with E-state index in [1.54, 1.807) is 12.0 Å². The standard InChI is InChI=1S/C22H29N3O2/c1-23(2)22(26)21(19-7-5-4-6-8-19)25-15-13-24(14-16-25)17-18-9-11-20(27-3)12-10-18/h4-12,21H,13-17H2,1-3H3/t21-/m0/s1. The van der Waals surface area contributed by atoms with Crippen LogP contribution in [0.25, 0.3) is 0 Å². The first-order chi connectivity index (χ1) is 13.1. The molecular formula is C22H29N3O2. The predicted molar refractivity (Wildman–Crippen MR) is 108 cm³/mol. The van der Waals surface area contributed by atoms with Crippen LogP contribution in [0.4, 0.5) is 0 Å². The van der Waals surface area contributed by atoms with E-state index in [9.17, 15) is 4.79 Å². The third kappa shape index (κ3) is 4.87. The molecule has 2 aromatic carbocycles. The number of carbonyl (C=O) groups is 1. The van der Waals surface area contributed by atoms with Gasteiger partial charge in [-0.25, -0.2) is 0 Å². The summed E-state index contributed by atoms with van der Waals surface area (Å²) in [4.78, 5) is 19.3. The van der Waals surface area contributed by atoms with Gasteiger partial charge in [-0.1, -0.05) is 42.5 Å². The molecule has 0 spiro atoms. The Morgan fingerprint density at radius 2 is 1.63 bits per heavy atom. The van der Waals surface area contributed by atoms with Crippen molar-refractivity contribution >= 4 is 5.91 Å².